The fourth-order valence-corrected chi connectivity index (χ4v) is 5.50. The summed E-state index contributed by atoms with van der Waals surface area (Å²) >= 11 is 0. The molecule has 0 amide bonds. The van der Waals surface area contributed by atoms with Gasteiger partial charge in [0.2, 0.25) is 0 Å². The summed E-state index contributed by atoms with van der Waals surface area (Å²) in [6.45, 7) is 11.9. The Morgan fingerprint density at radius 1 is 0.875 bits per heavy atom. The summed E-state index contributed by atoms with van der Waals surface area (Å²) < 4.78 is 0. The van der Waals surface area contributed by atoms with Crippen LogP contribution in [-0.2, 0) is 4.79 Å². The van der Waals surface area contributed by atoms with Gasteiger partial charge in [-0.2, -0.15) is 0 Å². The second-order valence-corrected chi connectivity index (χ2v) is 11.0. The van der Waals surface area contributed by atoms with Crippen LogP contribution in [0.5, 0.6) is 0 Å². The molecule has 0 bridgehead atoms. The quantitative estimate of drug-likeness (QED) is 0.548. The largest absolute Gasteiger partial charge is 0.370 e. The van der Waals surface area contributed by atoms with Gasteiger partial charge in [-0.1, -0.05) is 69.3 Å². The third kappa shape index (κ3) is 5.81. The van der Waals surface area contributed by atoms with Crippen LogP contribution in [0.4, 0.5) is 5.69 Å². The second kappa shape index (κ2) is 10.2. The van der Waals surface area contributed by atoms with E-state index < -0.39 is 0 Å². The number of rotatable bonds is 6. The van der Waals surface area contributed by atoms with Gasteiger partial charge in [0.15, 0.2) is 0 Å². The van der Waals surface area contributed by atoms with Gasteiger partial charge in [-0.25, -0.2) is 0 Å². The van der Waals surface area contributed by atoms with Crippen molar-refractivity contribution in [2.24, 2.45) is 11.3 Å². The first-order valence-electron chi connectivity index (χ1n) is 12.5. The van der Waals surface area contributed by atoms with E-state index in [1.807, 2.05) is 0 Å². The van der Waals surface area contributed by atoms with Crippen LogP contribution in [0.3, 0.4) is 0 Å². The van der Waals surface area contributed by atoms with Gasteiger partial charge in [-0.05, 0) is 61.4 Å². The standard InChI is InChI=1S/C29H40N2O/c1-29(2,3)22-28(32)24-15-18-30(19-16-24)20-21-31-17-9-13-25(23-10-5-4-6-11-23)26-12-7-8-14-27(26)31/h4-8,10-12,14,24-25H,9,13,15-22H2,1-3H3. The van der Waals surface area contributed by atoms with Gasteiger partial charge in [0.1, 0.15) is 5.78 Å². The lowest BCUT2D eigenvalue weighted by Crippen LogP contribution is -2.41. The summed E-state index contributed by atoms with van der Waals surface area (Å²) in [4.78, 5) is 17.8. The van der Waals surface area contributed by atoms with Crippen molar-refractivity contribution < 1.29 is 4.79 Å². The highest BCUT2D eigenvalue weighted by Crippen LogP contribution is 2.38. The number of benzene rings is 2. The molecular weight excluding hydrogens is 392 g/mol. The average Bonchev–Trinajstić information content (AvgIpc) is 2.97. The van der Waals surface area contributed by atoms with E-state index in [9.17, 15) is 4.79 Å². The number of carbonyl (C=O) groups excluding carboxylic acids is 1. The molecule has 0 N–H and O–H groups in total. The Labute approximate surface area is 194 Å². The maximum absolute atomic E-state index is 12.6. The lowest BCUT2D eigenvalue weighted by Gasteiger charge is -2.34. The van der Waals surface area contributed by atoms with Crippen LogP contribution < -0.4 is 4.90 Å². The van der Waals surface area contributed by atoms with Crippen molar-refractivity contribution in [1.82, 2.24) is 4.90 Å². The Hall–Kier alpha value is -2.13. The zero-order chi connectivity index (χ0) is 22.6. The normalized spacial score (nSPS) is 20.6. The number of likely N-dealkylation sites (tertiary alicyclic amines) is 1. The average molecular weight is 433 g/mol. The first kappa shape index (κ1) is 23.0. The topological polar surface area (TPSA) is 23.6 Å². The molecule has 0 radical (unpaired) electrons. The molecule has 2 heterocycles. The number of ketones is 1. The first-order chi connectivity index (χ1) is 15.4. The van der Waals surface area contributed by atoms with Crippen molar-refractivity contribution in [3.05, 3.63) is 65.7 Å². The number of para-hydroxylation sites is 1. The van der Waals surface area contributed by atoms with Gasteiger partial charge >= 0.3 is 0 Å². The molecule has 0 aromatic heterocycles. The Morgan fingerprint density at radius 2 is 1.56 bits per heavy atom. The van der Waals surface area contributed by atoms with E-state index in [1.54, 1.807) is 0 Å². The summed E-state index contributed by atoms with van der Waals surface area (Å²) in [5, 5.41) is 0. The minimum atomic E-state index is 0.103. The van der Waals surface area contributed by atoms with Crippen LogP contribution in [-0.4, -0.2) is 43.4 Å². The van der Waals surface area contributed by atoms with E-state index in [2.05, 4.69) is 85.2 Å². The first-order valence-corrected chi connectivity index (χ1v) is 12.5. The Kier molecular flexibility index (Phi) is 7.35. The highest BCUT2D eigenvalue weighted by molar-refractivity contribution is 5.81. The summed E-state index contributed by atoms with van der Waals surface area (Å²) in [7, 11) is 0. The third-order valence-corrected chi connectivity index (χ3v) is 7.21. The van der Waals surface area contributed by atoms with Crippen molar-refractivity contribution in [2.45, 2.75) is 58.8 Å². The Morgan fingerprint density at radius 3 is 2.28 bits per heavy atom. The maximum Gasteiger partial charge on any atom is 0.136 e. The van der Waals surface area contributed by atoms with Crippen molar-refractivity contribution in [3.63, 3.8) is 0 Å². The molecule has 1 saturated heterocycles. The number of anilines is 1. The van der Waals surface area contributed by atoms with Crippen molar-refractivity contribution >= 4 is 11.5 Å². The Balaban J connectivity index is 1.36. The molecule has 1 unspecified atom stereocenters. The molecule has 4 rings (SSSR count). The molecule has 0 saturated carbocycles. The van der Waals surface area contributed by atoms with Gasteiger partial charge in [-0.3, -0.25) is 4.79 Å². The molecule has 1 atom stereocenters. The molecular formula is C29H40N2O. The third-order valence-electron chi connectivity index (χ3n) is 7.21. The highest BCUT2D eigenvalue weighted by Gasteiger charge is 2.28. The minimum absolute atomic E-state index is 0.103. The van der Waals surface area contributed by atoms with E-state index >= 15 is 0 Å². The number of carbonyl (C=O) groups is 1. The zero-order valence-electron chi connectivity index (χ0n) is 20.2. The molecule has 172 valence electrons. The zero-order valence-corrected chi connectivity index (χ0v) is 20.2. The molecule has 0 spiro atoms. The minimum Gasteiger partial charge on any atom is -0.370 e. The SMILES string of the molecule is CC(C)(C)CC(=O)C1CCN(CCN2CCCC(c3ccccc3)c3ccccc32)CC1. The highest BCUT2D eigenvalue weighted by atomic mass is 16.1. The number of nitrogens with zero attached hydrogens (tertiary/aromatic N) is 2. The number of fused-ring (bicyclic) bond motifs is 1. The van der Waals surface area contributed by atoms with Crippen LogP contribution in [0.1, 0.15) is 69.9 Å². The van der Waals surface area contributed by atoms with Gasteiger partial charge < -0.3 is 9.80 Å². The fraction of sp³-hybridized carbons (Fsp3) is 0.552. The molecule has 2 aromatic rings. The number of Topliss-reactive ketones (excluding diaryl/α,β-unsaturated/α-hetero) is 1. The summed E-state index contributed by atoms with van der Waals surface area (Å²) in [5.41, 5.74) is 4.42. The van der Waals surface area contributed by atoms with E-state index in [4.69, 9.17) is 0 Å². The predicted molar refractivity (Wildman–Crippen MR) is 134 cm³/mol. The molecule has 1 fully saturated rings. The van der Waals surface area contributed by atoms with Crippen LogP contribution in [0.2, 0.25) is 0 Å². The van der Waals surface area contributed by atoms with Gasteiger partial charge in [-0.15, -0.1) is 0 Å². The summed E-state index contributed by atoms with van der Waals surface area (Å²) in [6, 6.07) is 20.0. The number of piperidine rings is 1. The van der Waals surface area contributed by atoms with Crippen LogP contribution >= 0.6 is 0 Å². The molecule has 32 heavy (non-hydrogen) atoms. The smallest absolute Gasteiger partial charge is 0.136 e. The fourth-order valence-electron chi connectivity index (χ4n) is 5.50. The molecule has 2 aromatic carbocycles. The van der Waals surface area contributed by atoms with Gasteiger partial charge in [0.05, 0.1) is 0 Å². The van der Waals surface area contributed by atoms with E-state index in [-0.39, 0.29) is 11.3 Å². The number of hydrogen-bond donors (Lipinski definition) is 0. The van der Waals surface area contributed by atoms with Crippen LogP contribution in [0.15, 0.2) is 54.6 Å². The maximum atomic E-state index is 12.6. The van der Waals surface area contributed by atoms with Gasteiger partial charge in [0, 0.05) is 43.6 Å². The molecule has 3 heteroatoms. The molecule has 2 aliphatic rings. The van der Waals surface area contributed by atoms with Gasteiger partial charge in [0.25, 0.3) is 0 Å². The van der Waals surface area contributed by atoms with Crippen LogP contribution in [0.25, 0.3) is 0 Å². The summed E-state index contributed by atoms with van der Waals surface area (Å²) in [6.07, 6.45) is 5.20. The van der Waals surface area contributed by atoms with E-state index in [0.717, 1.165) is 45.6 Å². The molecule has 0 aliphatic carbocycles. The monoisotopic (exact) mass is 432 g/mol. The number of hydrogen-bond acceptors (Lipinski definition) is 3. The second-order valence-electron chi connectivity index (χ2n) is 11.0. The molecule has 2 aliphatic heterocycles. The van der Waals surface area contributed by atoms with Crippen molar-refractivity contribution in [2.75, 3.05) is 37.6 Å². The lowest BCUT2D eigenvalue weighted by molar-refractivity contribution is -0.126. The van der Waals surface area contributed by atoms with Crippen molar-refractivity contribution in [3.8, 4) is 0 Å². The predicted octanol–water partition coefficient (Wildman–Crippen LogP) is 6.14. The van der Waals surface area contributed by atoms with Crippen LogP contribution in [0, 0.1) is 11.3 Å². The van der Waals surface area contributed by atoms with E-state index in [1.165, 1.54) is 29.7 Å². The summed E-state index contributed by atoms with van der Waals surface area (Å²) in [5.74, 6) is 1.24. The Bertz CT molecular complexity index is 878. The van der Waals surface area contributed by atoms with Crippen molar-refractivity contribution in [1.29, 1.82) is 0 Å². The lowest BCUT2D eigenvalue weighted by atomic mass is 9.82. The molecule has 3 nitrogen and oxygen atoms in total. The van der Waals surface area contributed by atoms with E-state index in [0.29, 0.717) is 18.1 Å².